The first-order chi connectivity index (χ1) is 14.0. The Hall–Kier alpha value is -3.07. The summed E-state index contributed by atoms with van der Waals surface area (Å²) in [6, 6.07) is 8.62. The molecule has 1 atom stereocenters. The molecule has 1 amide bonds. The summed E-state index contributed by atoms with van der Waals surface area (Å²) in [6.07, 6.45) is 2.04. The van der Waals surface area contributed by atoms with Crippen LogP contribution >= 0.6 is 0 Å². The molecule has 1 fully saturated rings. The largest absolute Gasteiger partial charge is 0.422 e. The van der Waals surface area contributed by atoms with E-state index in [1.165, 1.54) is 0 Å². The average molecular weight is 400 g/mol. The molecule has 0 saturated heterocycles. The van der Waals surface area contributed by atoms with Gasteiger partial charge in [0.2, 0.25) is 17.6 Å². The Morgan fingerprint density at radius 3 is 2.59 bits per heavy atom. The summed E-state index contributed by atoms with van der Waals surface area (Å²) in [6.45, 7) is 1.57. The predicted molar refractivity (Wildman–Crippen MR) is 99.3 cm³/mol. The molecule has 1 aliphatic rings. The standard InChI is InChI=1S/C20H21FN4O4/c1-11(26)19-23-24-20(28-19)13-7-9-14(10-8-13)22-18(27)17-15(21)16(25-29-17)12-5-3-2-4-6-12/h2-6,11,13-14,26H,7-10H2,1H3,(H,22,27)/t11-,13?,14?/m1/s1. The molecule has 0 bridgehead atoms. The highest BCUT2D eigenvalue weighted by atomic mass is 19.1. The second-order valence-corrected chi connectivity index (χ2v) is 7.22. The third-order valence-corrected chi connectivity index (χ3v) is 5.11. The van der Waals surface area contributed by atoms with E-state index in [1.807, 2.05) is 6.07 Å². The van der Waals surface area contributed by atoms with Crippen molar-refractivity contribution in [2.45, 2.75) is 50.7 Å². The lowest BCUT2D eigenvalue weighted by Gasteiger charge is -2.26. The first-order valence-electron chi connectivity index (χ1n) is 9.55. The van der Waals surface area contributed by atoms with Gasteiger partial charge in [-0.1, -0.05) is 35.5 Å². The molecule has 3 aromatic rings. The van der Waals surface area contributed by atoms with Crippen molar-refractivity contribution in [1.82, 2.24) is 20.7 Å². The molecule has 2 aromatic heterocycles. The van der Waals surface area contributed by atoms with Gasteiger partial charge in [0.05, 0.1) is 0 Å². The van der Waals surface area contributed by atoms with Crippen molar-refractivity contribution in [3.63, 3.8) is 0 Å². The van der Waals surface area contributed by atoms with E-state index < -0.39 is 23.6 Å². The van der Waals surface area contributed by atoms with Crippen LogP contribution in [0.25, 0.3) is 11.3 Å². The topological polar surface area (TPSA) is 114 Å². The number of rotatable bonds is 5. The van der Waals surface area contributed by atoms with Gasteiger partial charge in [0.1, 0.15) is 6.10 Å². The quantitative estimate of drug-likeness (QED) is 0.675. The van der Waals surface area contributed by atoms with Crippen molar-refractivity contribution in [2.24, 2.45) is 0 Å². The van der Waals surface area contributed by atoms with Crippen molar-refractivity contribution < 1.29 is 23.2 Å². The number of carbonyl (C=O) groups is 1. The van der Waals surface area contributed by atoms with Gasteiger partial charge in [-0.25, -0.2) is 0 Å². The fourth-order valence-corrected chi connectivity index (χ4v) is 3.51. The fourth-order valence-electron chi connectivity index (χ4n) is 3.51. The maximum Gasteiger partial charge on any atom is 0.293 e. The molecule has 2 N–H and O–H groups in total. The van der Waals surface area contributed by atoms with Gasteiger partial charge in [-0.15, -0.1) is 10.2 Å². The average Bonchev–Trinajstić information content (AvgIpc) is 3.36. The van der Waals surface area contributed by atoms with Crippen LogP contribution in [-0.2, 0) is 0 Å². The molecule has 1 aliphatic carbocycles. The summed E-state index contributed by atoms with van der Waals surface area (Å²) in [5, 5.41) is 23.9. The van der Waals surface area contributed by atoms with Crippen LogP contribution in [-0.4, -0.2) is 32.4 Å². The number of nitrogens with zero attached hydrogens (tertiary/aromatic N) is 3. The Bertz CT molecular complexity index is 978. The smallest absolute Gasteiger partial charge is 0.293 e. The Kier molecular flexibility index (Phi) is 5.39. The van der Waals surface area contributed by atoms with Crippen LogP contribution in [0.3, 0.4) is 0 Å². The molecule has 9 heteroatoms. The molecule has 0 spiro atoms. The first-order valence-corrected chi connectivity index (χ1v) is 9.55. The zero-order chi connectivity index (χ0) is 20.4. The van der Waals surface area contributed by atoms with Crippen molar-refractivity contribution in [3.8, 4) is 11.3 Å². The zero-order valence-corrected chi connectivity index (χ0v) is 15.8. The van der Waals surface area contributed by atoms with Crippen molar-refractivity contribution >= 4 is 5.91 Å². The van der Waals surface area contributed by atoms with Gasteiger partial charge in [0.15, 0.2) is 5.69 Å². The van der Waals surface area contributed by atoms with E-state index in [9.17, 15) is 14.3 Å². The van der Waals surface area contributed by atoms with Gasteiger partial charge in [-0.2, -0.15) is 4.39 Å². The van der Waals surface area contributed by atoms with Crippen LogP contribution < -0.4 is 5.32 Å². The highest BCUT2D eigenvalue weighted by Gasteiger charge is 2.30. The van der Waals surface area contributed by atoms with E-state index in [2.05, 4.69) is 20.7 Å². The van der Waals surface area contributed by atoms with Gasteiger partial charge < -0.3 is 19.4 Å². The minimum atomic E-state index is -0.801. The predicted octanol–water partition coefficient (Wildman–Crippen LogP) is 3.37. The van der Waals surface area contributed by atoms with E-state index in [4.69, 9.17) is 8.94 Å². The lowest BCUT2D eigenvalue weighted by Crippen LogP contribution is -2.37. The van der Waals surface area contributed by atoms with E-state index >= 15 is 0 Å². The van der Waals surface area contributed by atoms with Crippen molar-refractivity contribution in [1.29, 1.82) is 0 Å². The first kappa shape index (κ1) is 19.3. The lowest BCUT2D eigenvalue weighted by molar-refractivity contribution is 0.0881. The second-order valence-electron chi connectivity index (χ2n) is 7.22. The Labute approximate surface area is 166 Å². The van der Waals surface area contributed by atoms with Gasteiger partial charge in [-0.05, 0) is 32.6 Å². The summed E-state index contributed by atoms with van der Waals surface area (Å²) in [5.74, 6) is -1.02. The third kappa shape index (κ3) is 4.04. The number of hydrogen-bond acceptors (Lipinski definition) is 7. The summed E-state index contributed by atoms with van der Waals surface area (Å²) in [4.78, 5) is 12.5. The Morgan fingerprint density at radius 2 is 1.93 bits per heavy atom. The number of carbonyl (C=O) groups excluding carboxylic acids is 1. The summed E-state index contributed by atoms with van der Waals surface area (Å²) < 4.78 is 25.1. The third-order valence-electron chi connectivity index (χ3n) is 5.11. The SMILES string of the molecule is C[C@@H](O)c1nnc(C2CCC(NC(=O)c3onc(-c4ccccc4)c3F)CC2)o1. The van der Waals surface area contributed by atoms with Gasteiger partial charge in [-0.3, -0.25) is 4.79 Å². The molecule has 152 valence electrons. The molecule has 0 unspecified atom stereocenters. The van der Waals surface area contributed by atoms with Crippen LogP contribution in [0.2, 0.25) is 0 Å². The van der Waals surface area contributed by atoms with Gasteiger partial charge >= 0.3 is 0 Å². The minimum absolute atomic E-state index is 0.0183. The number of benzene rings is 1. The molecule has 4 rings (SSSR count). The van der Waals surface area contributed by atoms with Gasteiger partial charge in [0, 0.05) is 17.5 Å². The van der Waals surface area contributed by atoms with E-state index in [1.54, 1.807) is 31.2 Å². The summed E-state index contributed by atoms with van der Waals surface area (Å²) >= 11 is 0. The molecule has 8 nitrogen and oxygen atoms in total. The molecule has 1 saturated carbocycles. The number of hydrogen-bond donors (Lipinski definition) is 2. The van der Waals surface area contributed by atoms with E-state index in [0.717, 1.165) is 12.8 Å². The second kappa shape index (κ2) is 8.12. The van der Waals surface area contributed by atoms with Crippen molar-refractivity contribution in [2.75, 3.05) is 0 Å². The molecule has 1 aromatic carbocycles. The van der Waals surface area contributed by atoms with Crippen LogP contribution in [0.4, 0.5) is 4.39 Å². The zero-order valence-electron chi connectivity index (χ0n) is 15.8. The maximum atomic E-state index is 14.6. The molecular formula is C20H21FN4O4. The lowest BCUT2D eigenvalue weighted by atomic mass is 9.86. The van der Waals surface area contributed by atoms with Gasteiger partial charge in [0.25, 0.3) is 11.7 Å². The number of halogens is 1. The molecule has 0 radical (unpaired) electrons. The normalized spacial score (nSPS) is 20.4. The molecule has 2 heterocycles. The van der Waals surface area contributed by atoms with Crippen LogP contribution in [0.1, 0.15) is 67.0 Å². The molecular weight excluding hydrogens is 379 g/mol. The van der Waals surface area contributed by atoms with Crippen LogP contribution in [0.15, 0.2) is 39.3 Å². The highest BCUT2D eigenvalue weighted by molar-refractivity contribution is 5.93. The van der Waals surface area contributed by atoms with Crippen LogP contribution in [0.5, 0.6) is 0 Å². The Morgan fingerprint density at radius 1 is 1.21 bits per heavy atom. The van der Waals surface area contributed by atoms with Crippen molar-refractivity contribution in [3.05, 3.63) is 53.7 Å². The summed E-state index contributed by atoms with van der Waals surface area (Å²) in [5.41, 5.74) is 0.564. The minimum Gasteiger partial charge on any atom is -0.422 e. The highest BCUT2D eigenvalue weighted by Crippen LogP contribution is 2.33. The maximum absolute atomic E-state index is 14.6. The number of aromatic nitrogens is 3. The number of nitrogens with one attached hydrogen (secondary N) is 1. The van der Waals surface area contributed by atoms with Crippen LogP contribution in [0, 0.1) is 5.82 Å². The monoisotopic (exact) mass is 400 g/mol. The number of amides is 1. The molecule has 0 aliphatic heterocycles. The van der Waals surface area contributed by atoms with E-state index in [0.29, 0.717) is 24.3 Å². The Balaban J connectivity index is 1.36. The summed E-state index contributed by atoms with van der Waals surface area (Å²) in [7, 11) is 0. The number of aliphatic hydroxyl groups excluding tert-OH is 1. The van der Waals surface area contributed by atoms with E-state index in [-0.39, 0.29) is 23.5 Å². The number of aliphatic hydroxyl groups is 1. The molecule has 29 heavy (non-hydrogen) atoms. The fraction of sp³-hybridized carbons (Fsp3) is 0.400.